The summed E-state index contributed by atoms with van der Waals surface area (Å²) in [5.74, 6) is 0. The highest BCUT2D eigenvalue weighted by Crippen LogP contribution is 2.41. The Balaban J connectivity index is 1.09. The molecule has 53 heavy (non-hydrogen) atoms. The van der Waals surface area contributed by atoms with Gasteiger partial charge in [-0.1, -0.05) is 118 Å². The molecule has 9 aromatic rings. The van der Waals surface area contributed by atoms with Crippen molar-refractivity contribution in [3.8, 4) is 33.9 Å². The van der Waals surface area contributed by atoms with Crippen molar-refractivity contribution in [2.45, 2.75) is 39.0 Å². The number of aromatic nitrogens is 2. The summed E-state index contributed by atoms with van der Waals surface area (Å²) in [6.45, 7) is 6.84. The molecule has 0 amide bonds. The molecule has 0 N–H and O–H groups in total. The topological polar surface area (TPSA) is 9.86 Å². The van der Waals surface area contributed by atoms with E-state index in [-0.39, 0.29) is 5.41 Å². The number of thiophene rings is 1. The molecule has 1 aliphatic carbocycles. The molecule has 3 heterocycles. The molecule has 0 saturated carbocycles. The van der Waals surface area contributed by atoms with Crippen LogP contribution in [0.2, 0.25) is 0 Å². The zero-order chi connectivity index (χ0) is 35.7. The van der Waals surface area contributed by atoms with E-state index in [1.165, 1.54) is 92.9 Å². The summed E-state index contributed by atoms with van der Waals surface area (Å²) < 4.78 is 7.60. The second-order valence-electron chi connectivity index (χ2n) is 15.4. The number of rotatable bonds is 5. The van der Waals surface area contributed by atoms with Crippen LogP contribution < -0.4 is 0 Å². The molecule has 0 spiro atoms. The van der Waals surface area contributed by atoms with Crippen LogP contribution in [-0.2, 0) is 11.8 Å². The highest BCUT2D eigenvalue weighted by molar-refractivity contribution is 7.25. The third-order valence-corrected chi connectivity index (χ3v) is 12.2. The van der Waals surface area contributed by atoms with Crippen molar-refractivity contribution in [3.05, 3.63) is 180 Å². The lowest BCUT2D eigenvalue weighted by molar-refractivity contribution is 0.590. The molecule has 1 aliphatic rings. The van der Waals surface area contributed by atoms with Gasteiger partial charge in [0.1, 0.15) is 0 Å². The fourth-order valence-corrected chi connectivity index (χ4v) is 9.37. The van der Waals surface area contributed by atoms with E-state index < -0.39 is 0 Å². The summed E-state index contributed by atoms with van der Waals surface area (Å²) in [5.41, 5.74) is 15.4. The maximum Gasteiger partial charge on any atom is 0.0540 e. The highest BCUT2D eigenvalue weighted by atomic mass is 32.1. The molecule has 2 nitrogen and oxygen atoms in total. The molecule has 0 radical (unpaired) electrons. The minimum Gasteiger partial charge on any atom is -0.313 e. The van der Waals surface area contributed by atoms with Crippen LogP contribution in [0, 0.1) is 0 Å². The summed E-state index contributed by atoms with van der Waals surface area (Å²) in [6.07, 6.45) is 4.42. The van der Waals surface area contributed by atoms with Gasteiger partial charge in [-0.25, -0.2) is 0 Å². The first-order chi connectivity index (χ1) is 25.9. The molecular weight excluding hydrogens is 661 g/mol. The molecule has 3 heteroatoms. The molecule has 3 aromatic heterocycles. The van der Waals surface area contributed by atoms with Crippen LogP contribution in [0.1, 0.15) is 49.6 Å². The maximum atomic E-state index is 2.49. The van der Waals surface area contributed by atoms with Gasteiger partial charge in [-0.2, -0.15) is 0 Å². The molecule has 0 bridgehead atoms. The fourth-order valence-electron chi connectivity index (χ4n) is 8.29. The predicted octanol–water partition coefficient (Wildman–Crippen LogP) is 13.9. The van der Waals surface area contributed by atoms with Crippen LogP contribution in [0.15, 0.2) is 158 Å². The first kappa shape index (κ1) is 31.8. The Morgan fingerprint density at radius 1 is 0.509 bits per heavy atom. The third kappa shape index (κ3) is 5.46. The zero-order valence-corrected chi connectivity index (χ0v) is 31.1. The Morgan fingerprint density at radius 2 is 1.17 bits per heavy atom. The predicted molar refractivity (Wildman–Crippen MR) is 228 cm³/mol. The summed E-state index contributed by atoms with van der Waals surface area (Å²) >= 11 is 1.87. The standard InChI is InChI=1S/C50H40N2S/c1-50(2,3)39-20-22-40(23-21-39)51-44-25-18-35(28-37(44)30-46(51)33-12-6-4-7-13-33)36-19-26-45-38(29-36)31-47(34-14-8-5-9-15-34)52(45)41-24-27-49-43(32-41)42-16-10-11-17-48(42)53-49/h4-17,19-24,26-32H,18,25H2,1-3H3. The van der Waals surface area contributed by atoms with Crippen molar-refractivity contribution in [1.29, 1.82) is 0 Å². The Morgan fingerprint density at radius 3 is 1.91 bits per heavy atom. The molecule has 0 fully saturated rings. The van der Waals surface area contributed by atoms with E-state index in [1.54, 1.807) is 0 Å². The molecule has 0 saturated heterocycles. The first-order valence-corrected chi connectivity index (χ1v) is 19.5. The maximum absolute atomic E-state index is 2.49. The second-order valence-corrected chi connectivity index (χ2v) is 16.5. The van der Waals surface area contributed by atoms with E-state index in [2.05, 4.69) is 194 Å². The summed E-state index contributed by atoms with van der Waals surface area (Å²) in [6, 6.07) is 58.4. The summed E-state index contributed by atoms with van der Waals surface area (Å²) in [4.78, 5) is 0. The van der Waals surface area contributed by atoms with E-state index in [9.17, 15) is 0 Å². The van der Waals surface area contributed by atoms with Gasteiger partial charge in [-0.3, -0.25) is 0 Å². The molecule has 0 aliphatic heterocycles. The zero-order valence-electron chi connectivity index (χ0n) is 30.3. The number of benzene rings is 6. The Bertz CT molecular complexity index is 2840. The van der Waals surface area contributed by atoms with Gasteiger partial charge in [0, 0.05) is 42.6 Å². The number of hydrogen-bond donors (Lipinski definition) is 0. The molecule has 256 valence electrons. The van der Waals surface area contributed by atoms with Crippen LogP contribution in [0.4, 0.5) is 0 Å². The van der Waals surface area contributed by atoms with E-state index in [1.807, 2.05) is 11.3 Å². The van der Waals surface area contributed by atoms with Crippen LogP contribution in [0.3, 0.4) is 0 Å². The normalized spacial score (nSPS) is 13.2. The van der Waals surface area contributed by atoms with Gasteiger partial charge in [-0.05, 0) is 118 Å². The van der Waals surface area contributed by atoms with Gasteiger partial charge in [0.25, 0.3) is 0 Å². The van der Waals surface area contributed by atoms with Crippen LogP contribution in [0.25, 0.3) is 76.6 Å². The SMILES string of the molecule is CC(C)(C)c1ccc(-n2c(-c3ccccc3)cc3c2CCC(c2ccc4c(c2)cc(-c2ccccc2)n4-c2ccc4sc5ccccc5c4c2)=C3)cc1. The van der Waals surface area contributed by atoms with Crippen molar-refractivity contribution in [2.75, 3.05) is 0 Å². The van der Waals surface area contributed by atoms with E-state index in [0.29, 0.717) is 0 Å². The lowest BCUT2D eigenvalue weighted by Crippen LogP contribution is -2.11. The second kappa shape index (κ2) is 12.4. The van der Waals surface area contributed by atoms with Gasteiger partial charge in [0.15, 0.2) is 0 Å². The smallest absolute Gasteiger partial charge is 0.0540 e. The summed E-state index contributed by atoms with van der Waals surface area (Å²) in [5, 5.41) is 3.89. The van der Waals surface area contributed by atoms with Crippen molar-refractivity contribution in [1.82, 2.24) is 9.13 Å². The largest absolute Gasteiger partial charge is 0.313 e. The van der Waals surface area contributed by atoms with Gasteiger partial charge in [-0.15, -0.1) is 11.3 Å². The van der Waals surface area contributed by atoms with Gasteiger partial charge in [0.2, 0.25) is 0 Å². The highest BCUT2D eigenvalue weighted by Gasteiger charge is 2.23. The average molecular weight is 701 g/mol. The quantitative estimate of drug-likeness (QED) is 0.169. The van der Waals surface area contributed by atoms with Crippen molar-refractivity contribution < 1.29 is 0 Å². The van der Waals surface area contributed by atoms with Crippen LogP contribution in [-0.4, -0.2) is 9.13 Å². The van der Waals surface area contributed by atoms with E-state index in [0.717, 1.165) is 12.8 Å². The average Bonchev–Trinajstić information content (AvgIpc) is 3.89. The minimum atomic E-state index is 0.116. The molecule has 0 unspecified atom stereocenters. The number of allylic oxidation sites excluding steroid dienone is 1. The number of nitrogens with zero attached hydrogens (tertiary/aromatic N) is 2. The summed E-state index contributed by atoms with van der Waals surface area (Å²) in [7, 11) is 0. The van der Waals surface area contributed by atoms with Crippen molar-refractivity contribution in [3.63, 3.8) is 0 Å². The van der Waals surface area contributed by atoms with Crippen LogP contribution >= 0.6 is 11.3 Å². The monoisotopic (exact) mass is 700 g/mol. The molecule has 0 atom stereocenters. The molecular formula is C50H40N2S. The van der Waals surface area contributed by atoms with Crippen molar-refractivity contribution in [2.24, 2.45) is 0 Å². The van der Waals surface area contributed by atoms with E-state index >= 15 is 0 Å². The van der Waals surface area contributed by atoms with Gasteiger partial charge < -0.3 is 9.13 Å². The fraction of sp³-hybridized carbons (Fsp3) is 0.120. The number of fused-ring (bicyclic) bond motifs is 5. The molecule has 10 rings (SSSR count). The number of hydrogen-bond acceptors (Lipinski definition) is 1. The first-order valence-electron chi connectivity index (χ1n) is 18.6. The van der Waals surface area contributed by atoms with Gasteiger partial charge in [0.05, 0.1) is 16.9 Å². The Kier molecular flexibility index (Phi) is 7.42. The third-order valence-electron chi connectivity index (χ3n) is 11.0. The Hall–Kier alpha value is -5.90. The van der Waals surface area contributed by atoms with Crippen molar-refractivity contribution >= 4 is 54.1 Å². The lowest BCUT2D eigenvalue weighted by atomic mass is 9.87. The van der Waals surface area contributed by atoms with Gasteiger partial charge >= 0.3 is 0 Å². The van der Waals surface area contributed by atoms with Crippen LogP contribution in [0.5, 0.6) is 0 Å². The lowest BCUT2D eigenvalue weighted by Gasteiger charge is -2.21. The molecule has 6 aromatic carbocycles. The van der Waals surface area contributed by atoms with E-state index in [4.69, 9.17) is 0 Å². The minimum absolute atomic E-state index is 0.116. The Labute approximate surface area is 314 Å².